The van der Waals surface area contributed by atoms with Gasteiger partial charge in [0, 0.05) is 0 Å². The first-order valence-corrected chi connectivity index (χ1v) is 5.11. The Hall–Kier alpha value is -0.755. The number of aryl methyl sites for hydroxylation is 1. The Labute approximate surface area is 87.3 Å². The van der Waals surface area contributed by atoms with Crippen LogP contribution in [0.2, 0.25) is 6.82 Å². The molecule has 0 aromatic heterocycles. The van der Waals surface area contributed by atoms with Crippen LogP contribution in [0, 0.1) is 6.92 Å². The maximum atomic E-state index is 9.44. The molecule has 0 aliphatic carbocycles. The predicted octanol–water partition coefficient (Wildman–Crippen LogP) is 2.11. The molecule has 0 unspecified atom stereocenters. The third kappa shape index (κ3) is 2.39. The van der Waals surface area contributed by atoms with E-state index >= 15 is 0 Å². The van der Waals surface area contributed by atoms with E-state index in [-0.39, 0.29) is 12.3 Å². The molecule has 0 amide bonds. The zero-order valence-electron chi connectivity index (χ0n) is 9.76. The Morgan fingerprint density at radius 2 is 1.79 bits per heavy atom. The average Bonchev–Trinajstić information content (AvgIpc) is 2.01. The second-order valence-electron chi connectivity index (χ2n) is 5.00. The summed E-state index contributed by atoms with van der Waals surface area (Å²) in [5.74, 6) is 0. The lowest BCUT2D eigenvalue weighted by molar-refractivity contribution is 0.584. The van der Waals surface area contributed by atoms with Gasteiger partial charge in [-0.15, -0.1) is 0 Å². The molecule has 0 fully saturated rings. The van der Waals surface area contributed by atoms with Crippen molar-refractivity contribution in [1.82, 2.24) is 0 Å². The first-order valence-electron chi connectivity index (χ1n) is 5.11. The fourth-order valence-electron chi connectivity index (χ4n) is 1.79. The van der Waals surface area contributed by atoms with Gasteiger partial charge in [-0.25, -0.2) is 0 Å². The molecule has 0 aliphatic heterocycles. The summed E-state index contributed by atoms with van der Waals surface area (Å²) >= 11 is 0. The highest BCUT2D eigenvalue weighted by molar-refractivity contribution is 6.64. The second-order valence-corrected chi connectivity index (χ2v) is 5.00. The van der Waals surface area contributed by atoms with E-state index in [2.05, 4.69) is 39.8 Å². The van der Waals surface area contributed by atoms with Crippen molar-refractivity contribution in [3.05, 3.63) is 29.3 Å². The molecule has 0 saturated heterocycles. The average molecular weight is 190 g/mol. The monoisotopic (exact) mass is 190 g/mol. The lowest BCUT2D eigenvalue weighted by Gasteiger charge is -2.22. The van der Waals surface area contributed by atoms with Gasteiger partial charge in [0.05, 0.1) is 0 Å². The minimum atomic E-state index is -0.372. The SMILES string of the molecule is CB(O)c1ccc(C(C)(C)C)c(C)c1. The fourth-order valence-corrected chi connectivity index (χ4v) is 1.79. The van der Waals surface area contributed by atoms with Gasteiger partial charge in [-0.05, 0) is 28.9 Å². The highest BCUT2D eigenvalue weighted by Crippen LogP contribution is 2.24. The van der Waals surface area contributed by atoms with Crippen molar-refractivity contribution in [3.8, 4) is 0 Å². The lowest BCUT2D eigenvalue weighted by Crippen LogP contribution is -2.27. The van der Waals surface area contributed by atoms with Crippen molar-refractivity contribution in [2.24, 2.45) is 0 Å². The van der Waals surface area contributed by atoms with Gasteiger partial charge in [-0.2, -0.15) is 0 Å². The summed E-state index contributed by atoms with van der Waals surface area (Å²) in [4.78, 5) is 0. The van der Waals surface area contributed by atoms with Crippen molar-refractivity contribution >= 4 is 12.4 Å². The molecule has 0 spiro atoms. The Balaban J connectivity index is 3.15. The van der Waals surface area contributed by atoms with E-state index in [1.807, 2.05) is 6.07 Å². The standard InChI is InChI=1S/C12H19BO/c1-9-8-10(13(5)14)6-7-11(9)12(2,3)4/h6-8,14H,1-5H3. The molecule has 14 heavy (non-hydrogen) atoms. The Morgan fingerprint density at radius 1 is 1.21 bits per heavy atom. The summed E-state index contributed by atoms with van der Waals surface area (Å²) in [5.41, 5.74) is 3.79. The molecule has 1 nitrogen and oxygen atoms in total. The number of rotatable bonds is 1. The van der Waals surface area contributed by atoms with Crippen molar-refractivity contribution < 1.29 is 5.02 Å². The van der Waals surface area contributed by atoms with E-state index in [1.54, 1.807) is 6.82 Å². The Morgan fingerprint density at radius 3 is 2.14 bits per heavy atom. The molecule has 0 heterocycles. The van der Waals surface area contributed by atoms with Crippen LogP contribution in [-0.4, -0.2) is 11.9 Å². The second kappa shape index (κ2) is 3.78. The highest BCUT2D eigenvalue weighted by atomic mass is 16.2. The lowest BCUT2D eigenvalue weighted by atomic mass is 9.63. The number of benzene rings is 1. The van der Waals surface area contributed by atoms with Gasteiger partial charge in [0.2, 0.25) is 0 Å². The molecule has 1 aromatic rings. The third-order valence-corrected chi connectivity index (χ3v) is 2.54. The minimum Gasteiger partial charge on any atom is -0.447 e. The van der Waals surface area contributed by atoms with Crippen LogP contribution in [0.4, 0.5) is 0 Å². The normalized spacial score (nSPS) is 11.6. The number of hydrogen-bond donors (Lipinski definition) is 1. The molecule has 0 aliphatic rings. The van der Waals surface area contributed by atoms with Crippen LogP contribution in [-0.2, 0) is 5.41 Å². The molecule has 0 radical (unpaired) electrons. The molecule has 76 valence electrons. The van der Waals surface area contributed by atoms with Crippen LogP contribution in [0.5, 0.6) is 0 Å². The van der Waals surface area contributed by atoms with Crippen molar-refractivity contribution in [1.29, 1.82) is 0 Å². The van der Waals surface area contributed by atoms with E-state index in [0.29, 0.717) is 0 Å². The Kier molecular flexibility index (Phi) is 3.05. The van der Waals surface area contributed by atoms with Gasteiger partial charge in [0.1, 0.15) is 0 Å². The maximum absolute atomic E-state index is 9.44. The molecule has 1 rings (SSSR count). The van der Waals surface area contributed by atoms with Gasteiger partial charge in [-0.1, -0.05) is 45.8 Å². The van der Waals surface area contributed by atoms with Crippen molar-refractivity contribution in [2.75, 3.05) is 0 Å². The van der Waals surface area contributed by atoms with Crippen molar-refractivity contribution in [2.45, 2.75) is 39.9 Å². The quantitative estimate of drug-likeness (QED) is 0.672. The smallest absolute Gasteiger partial charge is 0.320 e. The predicted molar refractivity (Wildman–Crippen MR) is 63.3 cm³/mol. The van der Waals surface area contributed by atoms with Crippen LogP contribution < -0.4 is 5.46 Å². The van der Waals surface area contributed by atoms with Gasteiger partial charge < -0.3 is 5.02 Å². The maximum Gasteiger partial charge on any atom is 0.320 e. The first-order chi connectivity index (χ1) is 6.32. The zero-order valence-corrected chi connectivity index (χ0v) is 9.76. The van der Waals surface area contributed by atoms with E-state index in [0.717, 1.165) is 5.46 Å². The summed E-state index contributed by atoms with van der Waals surface area (Å²) < 4.78 is 0. The topological polar surface area (TPSA) is 20.2 Å². The summed E-state index contributed by atoms with van der Waals surface area (Å²) in [5, 5.41) is 9.44. The minimum absolute atomic E-state index is 0.182. The van der Waals surface area contributed by atoms with E-state index in [4.69, 9.17) is 0 Å². The van der Waals surface area contributed by atoms with Crippen LogP contribution in [0.25, 0.3) is 0 Å². The largest absolute Gasteiger partial charge is 0.447 e. The molecule has 2 heteroatoms. The van der Waals surface area contributed by atoms with Crippen LogP contribution >= 0.6 is 0 Å². The van der Waals surface area contributed by atoms with Gasteiger partial charge >= 0.3 is 6.92 Å². The first kappa shape index (κ1) is 11.3. The summed E-state index contributed by atoms with van der Waals surface area (Å²) in [6.45, 7) is 10.1. The molecule has 1 aromatic carbocycles. The molecule has 0 atom stereocenters. The number of hydrogen-bond acceptors (Lipinski definition) is 1. The van der Waals surface area contributed by atoms with E-state index < -0.39 is 0 Å². The molecular weight excluding hydrogens is 171 g/mol. The van der Waals surface area contributed by atoms with Crippen molar-refractivity contribution in [3.63, 3.8) is 0 Å². The zero-order chi connectivity index (χ0) is 10.9. The fraction of sp³-hybridized carbons (Fsp3) is 0.500. The van der Waals surface area contributed by atoms with Gasteiger partial charge in [0.15, 0.2) is 0 Å². The Bertz CT molecular complexity index is 324. The third-order valence-electron chi connectivity index (χ3n) is 2.54. The summed E-state index contributed by atoms with van der Waals surface area (Å²) in [6, 6.07) is 6.21. The van der Waals surface area contributed by atoms with Gasteiger partial charge in [-0.3, -0.25) is 0 Å². The summed E-state index contributed by atoms with van der Waals surface area (Å²) in [7, 11) is 0. The van der Waals surface area contributed by atoms with Crippen LogP contribution in [0.3, 0.4) is 0 Å². The molecule has 0 saturated carbocycles. The van der Waals surface area contributed by atoms with E-state index in [1.165, 1.54) is 11.1 Å². The summed E-state index contributed by atoms with van der Waals surface area (Å²) in [6.07, 6.45) is 0. The molecular formula is C12H19BO. The molecule has 0 bridgehead atoms. The highest BCUT2D eigenvalue weighted by Gasteiger charge is 2.17. The van der Waals surface area contributed by atoms with E-state index in [9.17, 15) is 5.02 Å². The van der Waals surface area contributed by atoms with Gasteiger partial charge in [0.25, 0.3) is 0 Å². The van der Waals surface area contributed by atoms with Crippen LogP contribution in [0.15, 0.2) is 18.2 Å². The van der Waals surface area contributed by atoms with Crippen LogP contribution in [0.1, 0.15) is 31.9 Å². The molecule has 1 N–H and O–H groups in total.